The number of halogens is 1. The number of anilines is 1. The summed E-state index contributed by atoms with van der Waals surface area (Å²) < 4.78 is 0. The van der Waals surface area contributed by atoms with Crippen LogP contribution < -0.4 is 10.2 Å². The predicted molar refractivity (Wildman–Crippen MR) is 111 cm³/mol. The summed E-state index contributed by atoms with van der Waals surface area (Å²) in [6.07, 6.45) is 7.11. The first-order chi connectivity index (χ1) is 14.1. The minimum atomic E-state index is -0.420. The van der Waals surface area contributed by atoms with Gasteiger partial charge in [-0.15, -0.1) is 0 Å². The van der Waals surface area contributed by atoms with Crippen molar-refractivity contribution in [3.63, 3.8) is 0 Å². The van der Waals surface area contributed by atoms with Gasteiger partial charge in [-0.2, -0.15) is 0 Å². The number of rotatable bonds is 2. The van der Waals surface area contributed by atoms with E-state index in [0.29, 0.717) is 24.0 Å². The third-order valence-electron chi connectivity index (χ3n) is 5.98. The Bertz CT molecular complexity index is 1110. The molecule has 1 aliphatic carbocycles. The summed E-state index contributed by atoms with van der Waals surface area (Å²) in [5.41, 5.74) is 2.10. The monoisotopic (exact) mass is 406 g/mol. The average molecular weight is 407 g/mol. The number of nitrogens with zero attached hydrogens (tertiary/aromatic N) is 3. The van der Waals surface area contributed by atoms with E-state index < -0.39 is 6.03 Å². The largest absolute Gasteiger partial charge is 0.334 e. The number of imide groups is 1. The lowest BCUT2D eigenvalue weighted by atomic mass is 9.74. The summed E-state index contributed by atoms with van der Waals surface area (Å²) in [5.74, 6) is -0.216. The van der Waals surface area contributed by atoms with Gasteiger partial charge in [-0.25, -0.2) is 9.69 Å². The molecule has 7 heteroatoms. The molecule has 0 bridgehead atoms. The van der Waals surface area contributed by atoms with E-state index in [9.17, 15) is 9.59 Å². The normalized spacial score (nSPS) is 24.3. The molecule has 3 atom stereocenters. The fourth-order valence-electron chi connectivity index (χ4n) is 4.58. The van der Waals surface area contributed by atoms with Crippen LogP contribution in [0.3, 0.4) is 0 Å². The summed E-state index contributed by atoms with van der Waals surface area (Å²) >= 11 is 6.37. The number of aromatic nitrogens is 2. The van der Waals surface area contributed by atoms with E-state index >= 15 is 0 Å². The predicted octanol–water partition coefficient (Wildman–Crippen LogP) is 4.29. The molecule has 5 rings (SSSR count). The zero-order chi connectivity index (χ0) is 20.0. The molecule has 3 aromatic rings. The maximum atomic E-state index is 13.3. The molecule has 3 heterocycles. The maximum absolute atomic E-state index is 13.3. The molecule has 1 N–H and O–H groups in total. The van der Waals surface area contributed by atoms with E-state index in [-0.39, 0.29) is 23.8 Å². The van der Waals surface area contributed by atoms with E-state index in [0.717, 1.165) is 22.4 Å². The van der Waals surface area contributed by atoms with Crippen LogP contribution in [-0.4, -0.2) is 27.9 Å². The van der Waals surface area contributed by atoms with Gasteiger partial charge in [0.15, 0.2) is 0 Å². The first kappa shape index (κ1) is 18.1. The molecule has 29 heavy (non-hydrogen) atoms. The number of amides is 3. The number of carbonyl (C=O) groups is 2. The second-order valence-electron chi connectivity index (χ2n) is 7.60. The molecule has 146 valence electrons. The van der Waals surface area contributed by atoms with Gasteiger partial charge >= 0.3 is 6.03 Å². The number of hydrogen-bond acceptors (Lipinski definition) is 4. The summed E-state index contributed by atoms with van der Waals surface area (Å²) in [6.45, 7) is 0. The number of pyridine rings is 2. The summed E-state index contributed by atoms with van der Waals surface area (Å²) in [5, 5.41) is 4.57. The quantitative estimate of drug-likeness (QED) is 0.688. The van der Waals surface area contributed by atoms with Crippen molar-refractivity contribution in [2.24, 2.45) is 5.92 Å². The topological polar surface area (TPSA) is 75.2 Å². The van der Waals surface area contributed by atoms with Crippen molar-refractivity contribution in [3.8, 4) is 0 Å². The first-order valence-electron chi connectivity index (χ1n) is 9.71. The lowest BCUT2D eigenvalue weighted by Gasteiger charge is -2.42. The number of hydrogen-bond donors (Lipinski definition) is 1. The Balaban J connectivity index is 1.45. The Morgan fingerprint density at radius 1 is 1.07 bits per heavy atom. The summed E-state index contributed by atoms with van der Waals surface area (Å²) in [7, 11) is 0. The molecule has 3 unspecified atom stereocenters. The van der Waals surface area contributed by atoms with Gasteiger partial charge in [-0.1, -0.05) is 29.8 Å². The van der Waals surface area contributed by atoms with Gasteiger partial charge in [0.1, 0.15) is 0 Å². The standard InChI is InChI=1S/C22H19ClN4O2/c23-17-6-2-1-5-15(17)13-7-8-16-18(10-13)26-22(29)27(21(16)28)19-12-24-11-14-4-3-9-25-20(14)19/h1-6,9,11-13,16,18H,7-8,10H2,(H,26,29). The lowest BCUT2D eigenvalue weighted by molar-refractivity contribution is -0.124. The molecule has 2 aliphatic rings. The van der Waals surface area contributed by atoms with Crippen molar-refractivity contribution in [3.05, 3.63) is 65.6 Å². The first-order valence-corrected chi connectivity index (χ1v) is 10.1. The Hall–Kier alpha value is -2.99. The molecule has 0 radical (unpaired) electrons. The zero-order valence-electron chi connectivity index (χ0n) is 15.6. The molecule has 2 aromatic heterocycles. The van der Waals surface area contributed by atoms with Crippen molar-refractivity contribution in [1.29, 1.82) is 0 Å². The van der Waals surface area contributed by atoms with Crippen molar-refractivity contribution in [1.82, 2.24) is 15.3 Å². The highest BCUT2D eigenvalue weighted by atomic mass is 35.5. The van der Waals surface area contributed by atoms with Gasteiger partial charge < -0.3 is 5.32 Å². The van der Waals surface area contributed by atoms with E-state index in [2.05, 4.69) is 15.3 Å². The van der Waals surface area contributed by atoms with Gasteiger partial charge in [-0.3, -0.25) is 14.8 Å². The molecule has 3 amide bonds. The Kier molecular flexibility index (Phi) is 4.43. The van der Waals surface area contributed by atoms with E-state index in [1.54, 1.807) is 18.5 Å². The number of fused-ring (bicyclic) bond motifs is 2. The van der Waals surface area contributed by atoms with Gasteiger partial charge in [0.2, 0.25) is 5.91 Å². The Morgan fingerprint density at radius 3 is 2.79 bits per heavy atom. The molecule has 1 aliphatic heterocycles. The lowest BCUT2D eigenvalue weighted by Crippen LogP contribution is -2.61. The van der Waals surface area contributed by atoms with Gasteiger partial charge in [0, 0.05) is 28.8 Å². The average Bonchev–Trinajstić information content (AvgIpc) is 2.74. The number of nitrogens with one attached hydrogen (secondary N) is 1. The third kappa shape index (κ3) is 3.04. The highest BCUT2D eigenvalue weighted by molar-refractivity contribution is 6.31. The molecule has 2 fully saturated rings. The van der Waals surface area contributed by atoms with Gasteiger partial charge in [-0.05, 0) is 48.9 Å². The SMILES string of the molecule is O=C1NC2CC(c3ccccc3Cl)CCC2C(=O)N1c1cncc2cccnc12. The van der Waals surface area contributed by atoms with Crippen LogP contribution in [0, 0.1) is 5.92 Å². The Morgan fingerprint density at radius 2 is 1.93 bits per heavy atom. The number of benzene rings is 1. The van der Waals surface area contributed by atoms with Crippen LogP contribution in [0.1, 0.15) is 30.7 Å². The second-order valence-corrected chi connectivity index (χ2v) is 8.01. The smallest absolute Gasteiger partial charge is 0.329 e. The van der Waals surface area contributed by atoms with Crippen molar-refractivity contribution < 1.29 is 9.59 Å². The fourth-order valence-corrected chi connectivity index (χ4v) is 4.87. The molecule has 0 spiro atoms. The molecule has 1 saturated heterocycles. The van der Waals surface area contributed by atoms with E-state index in [1.807, 2.05) is 30.3 Å². The van der Waals surface area contributed by atoms with Crippen molar-refractivity contribution in [2.75, 3.05) is 4.90 Å². The van der Waals surface area contributed by atoms with Crippen LogP contribution in [0.15, 0.2) is 55.0 Å². The van der Waals surface area contributed by atoms with Gasteiger partial charge in [0.05, 0.1) is 23.3 Å². The minimum Gasteiger partial charge on any atom is -0.334 e. The zero-order valence-corrected chi connectivity index (χ0v) is 16.3. The molecule has 6 nitrogen and oxygen atoms in total. The Labute approximate surface area is 172 Å². The van der Waals surface area contributed by atoms with E-state index in [4.69, 9.17) is 11.6 Å². The number of carbonyl (C=O) groups excluding carboxylic acids is 2. The summed E-state index contributed by atoms with van der Waals surface area (Å²) in [4.78, 5) is 36.0. The van der Waals surface area contributed by atoms with Crippen LogP contribution in [-0.2, 0) is 4.79 Å². The second kappa shape index (κ2) is 7.12. The van der Waals surface area contributed by atoms with Crippen LogP contribution in [0.5, 0.6) is 0 Å². The van der Waals surface area contributed by atoms with E-state index in [1.165, 1.54) is 11.1 Å². The fraction of sp³-hybridized carbons (Fsp3) is 0.273. The highest BCUT2D eigenvalue weighted by Gasteiger charge is 2.45. The van der Waals surface area contributed by atoms with Crippen LogP contribution in [0.2, 0.25) is 5.02 Å². The molecular weight excluding hydrogens is 388 g/mol. The van der Waals surface area contributed by atoms with Crippen LogP contribution >= 0.6 is 11.6 Å². The maximum Gasteiger partial charge on any atom is 0.329 e. The minimum absolute atomic E-state index is 0.184. The molecule has 1 saturated carbocycles. The van der Waals surface area contributed by atoms with Crippen LogP contribution in [0.4, 0.5) is 10.5 Å². The van der Waals surface area contributed by atoms with Gasteiger partial charge in [0.25, 0.3) is 0 Å². The third-order valence-corrected chi connectivity index (χ3v) is 6.32. The molecule has 1 aromatic carbocycles. The van der Waals surface area contributed by atoms with Crippen molar-refractivity contribution >= 4 is 40.1 Å². The number of urea groups is 1. The van der Waals surface area contributed by atoms with Crippen LogP contribution in [0.25, 0.3) is 10.9 Å². The molecular formula is C22H19ClN4O2. The van der Waals surface area contributed by atoms with Crippen molar-refractivity contribution in [2.45, 2.75) is 31.2 Å². The highest BCUT2D eigenvalue weighted by Crippen LogP contribution is 2.41. The summed E-state index contributed by atoms with van der Waals surface area (Å²) in [6, 6.07) is 10.8.